The van der Waals surface area contributed by atoms with Crippen LogP contribution >= 0.6 is 0 Å². The first-order chi connectivity index (χ1) is 9.44. The Kier molecular flexibility index (Phi) is 6.21. The molecular formula is C15H22N2O2S. The fourth-order valence-corrected chi connectivity index (χ4v) is 3.41. The lowest BCUT2D eigenvalue weighted by Gasteiger charge is -2.16. The predicted octanol–water partition coefficient (Wildman–Crippen LogP) is 1.77. The van der Waals surface area contributed by atoms with Crippen LogP contribution < -0.4 is 10.5 Å². The Morgan fingerprint density at radius 2 is 1.95 bits per heavy atom. The van der Waals surface area contributed by atoms with E-state index in [-0.39, 0.29) is 17.5 Å². The van der Waals surface area contributed by atoms with Crippen molar-refractivity contribution in [3.8, 4) is 11.8 Å². The number of nitrogens with two attached hydrogens (primary N) is 1. The van der Waals surface area contributed by atoms with Gasteiger partial charge in [0.15, 0.2) is 0 Å². The zero-order chi connectivity index (χ0) is 15.2. The van der Waals surface area contributed by atoms with Gasteiger partial charge in [0.05, 0.1) is 11.4 Å². The third-order valence-electron chi connectivity index (χ3n) is 3.06. The van der Waals surface area contributed by atoms with Crippen LogP contribution in [0.5, 0.6) is 0 Å². The number of sulfonamides is 1. The van der Waals surface area contributed by atoms with E-state index < -0.39 is 10.0 Å². The molecule has 0 saturated heterocycles. The Morgan fingerprint density at radius 1 is 1.30 bits per heavy atom. The van der Waals surface area contributed by atoms with E-state index in [1.807, 2.05) is 20.8 Å². The van der Waals surface area contributed by atoms with E-state index in [1.54, 1.807) is 18.2 Å². The van der Waals surface area contributed by atoms with Crippen LogP contribution in [0, 0.1) is 18.8 Å². The van der Waals surface area contributed by atoms with Gasteiger partial charge in [-0.3, -0.25) is 0 Å². The van der Waals surface area contributed by atoms with E-state index in [9.17, 15) is 8.42 Å². The quantitative estimate of drug-likeness (QED) is 0.813. The zero-order valence-corrected chi connectivity index (χ0v) is 13.0. The molecule has 0 aliphatic rings. The highest BCUT2D eigenvalue weighted by atomic mass is 32.2. The van der Waals surface area contributed by atoms with Crippen molar-refractivity contribution in [1.82, 2.24) is 4.72 Å². The first-order valence-corrected chi connectivity index (χ1v) is 8.24. The van der Waals surface area contributed by atoms with E-state index in [0.29, 0.717) is 5.56 Å². The Morgan fingerprint density at radius 3 is 2.50 bits per heavy atom. The Hall–Kier alpha value is -1.35. The van der Waals surface area contributed by atoms with Gasteiger partial charge in [0.25, 0.3) is 0 Å². The summed E-state index contributed by atoms with van der Waals surface area (Å²) in [4.78, 5) is 0.218. The smallest absolute Gasteiger partial charge is 0.242 e. The van der Waals surface area contributed by atoms with E-state index >= 15 is 0 Å². The number of aryl methyl sites for hydroxylation is 1. The molecule has 20 heavy (non-hydrogen) atoms. The van der Waals surface area contributed by atoms with E-state index in [1.165, 1.54) is 0 Å². The number of hydrogen-bond donors (Lipinski definition) is 2. The van der Waals surface area contributed by atoms with Crippen LogP contribution in [0.15, 0.2) is 23.1 Å². The van der Waals surface area contributed by atoms with E-state index in [0.717, 1.165) is 18.4 Å². The summed E-state index contributed by atoms with van der Waals surface area (Å²) >= 11 is 0. The van der Waals surface area contributed by atoms with Gasteiger partial charge in [-0.1, -0.05) is 31.8 Å². The molecule has 1 rings (SSSR count). The fraction of sp³-hybridized carbons (Fsp3) is 0.467. The Balaban J connectivity index is 3.23. The van der Waals surface area contributed by atoms with Crippen LogP contribution in [-0.2, 0) is 10.0 Å². The van der Waals surface area contributed by atoms with Crippen LogP contribution in [-0.4, -0.2) is 21.0 Å². The lowest BCUT2D eigenvalue weighted by Crippen LogP contribution is -2.34. The number of hydrogen-bond acceptors (Lipinski definition) is 3. The lowest BCUT2D eigenvalue weighted by atomic mass is 10.1. The van der Waals surface area contributed by atoms with Crippen molar-refractivity contribution in [2.75, 3.05) is 6.54 Å². The average Bonchev–Trinajstić information content (AvgIpc) is 2.42. The van der Waals surface area contributed by atoms with Gasteiger partial charge in [-0.15, -0.1) is 0 Å². The highest BCUT2D eigenvalue weighted by molar-refractivity contribution is 7.89. The maximum atomic E-state index is 12.4. The molecular weight excluding hydrogens is 272 g/mol. The molecule has 0 bridgehead atoms. The summed E-state index contributed by atoms with van der Waals surface area (Å²) in [5.74, 6) is 5.55. The number of rotatable bonds is 5. The molecule has 0 atom stereocenters. The first-order valence-electron chi connectivity index (χ1n) is 6.76. The number of benzene rings is 1. The Labute approximate surface area is 121 Å². The van der Waals surface area contributed by atoms with Crippen LogP contribution in [0.3, 0.4) is 0 Å². The van der Waals surface area contributed by atoms with Gasteiger partial charge in [-0.25, -0.2) is 13.1 Å². The minimum Gasteiger partial charge on any atom is -0.320 e. The van der Waals surface area contributed by atoms with Crippen LogP contribution in [0.4, 0.5) is 0 Å². The highest BCUT2D eigenvalue weighted by Gasteiger charge is 2.20. The monoisotopic (exact) mass is 294 g/mol. The van der Waals surface area contributed by atoms with Crippen LogP contribution in [0.2, 0.25) is 0 Å². The molecule has 0 amide bonds. The maximum Gasteiger partial charge on any atom is 0.242 e. The van der Waals surface area contributed by atoms with Gasteiger partial charge in [0, 0.05) is 11.6 Å². The zero-order valence-electron chi connectivity index (χ0n) is 12.2. The largest absolute Gasteiger partial charge is 0.320 e. The molecule has 0 unspecified atom stereocenters. The molecule has 0 saturated carbocycles. The van der Waals surface area contributed by atoms with E-state index in [2.05, 4.69) is 16.6 Å². The number of nitrogens with one attached hydrogen (secondary N) is 1. The van der Waals surface area contributed by atoms with Gasteiger partial charge in [-0.05, 0) is 37.5 Å². The van der Waals surface area contributed by atoms with Crippen molar-refractivity contribution >= 4 is 10.0 Å². The molecule has 0 heterocycles. The predicted molar refractivity (Wildman–Crippen MR) is 81.8 cm³/mol. The summed E-state index contributed by atoms with van der Waals surface area (Å²) in [5, 5.41) is 0. The molecule has 0 spiro atoms. The summed E-state index contributed by atoms with van der Waals surface area (Å²) < 4.78 is 27.6. The first kappa shape index (κ1) is 16.7. The molecule has 0 radical (unpaired) electrons. The third-order valence-corrected chi connectivity index (χ3v) is 4.64. The van der Waals surface area contributed by atoms with Gasteiger partial charge >= 0.3 is 0 Å². The van der Waals surface area contributed by atoms with E-state index in [4.69, 9.17) is 5.73 Å². The third kappa shape index (κ3) is 4.34. The molecule has 0 aromatic heterocycles. The second-order valence-electron chi connectivity index (χ2n) is 4.64. The van der Waals surface area contributed by atoms with Gasteiger partial charge in [0.1, 0.15) is 0 Å². The summed E-state index contributed by atoms with van der Waals surface area (Å²) in [7, 11) is -3.55. The van der Waals surface area contributed by atoms with Crippen molar-refractivity contribution in [3.05, 3.63) is 29.3 Å². The van der Waals surface area contributed by atoms with Gasteiger partial charge < -0.3 is 5.73 Å². The minimum absolute atomic E-state index is 0.0587. The minimum atomic E-state index is -3.55. The maximum absolute atomic E-state index is 12.4. The molecule has 110 valence electrons. The summed E-state index contributed by atoms with van der Waals surface area (Å²) in [6.45, 7) is 6.02. The topological polar surface area (TPSA) is 72.2 Å². The van der Waals surface area contributed by atoms with Crippen molar-refractivity contribution in [2.45, 2.75) is 44.6 Å². The summed E-state index contributed by atoms with van der Waals surface area (Å²) in [5.41, 5.74) is 6.82. The molecule has 1 aromatic rings. The normalized spacial score (nSPS) is 11.2. The summed E-state index contributed by atoms with van der Waals surface area (Å²) in [6.07, 6.45) is 1.51. The SMILES string of the molecule is CCC(CC)NS(=O)(=O)c1ccc(C)cc1C#CCN. The molecule has 0 aliphatic heterocycles. The molecule has 4 nitrogen and oxygen atoms in total. The second kappa shape index (κ2) is 7.44. The standard InChI is InChI=1S/C15H22N2O2S/c1-4-14(5-2)17-20(18,19)15-9-8-12(3)11-13(15)7-6-10-16/h8-9,11,14,17H,4-5,10,16H2,1-3H3. The lowest BCUT2D eigenvalue weighted by molar-refractivity contribution is 0.530. The Bertz CT molecular complexity index is 608. The van der Waals surface area contributed by atoms with Gasteiger partial charge in [0.2, 0.25) is 10.0 Å². The average molecular weight is 294 g/mol. The van der Waals surface area contributed by atoms with Crippen LogP contribution in [0.25, 0.3) is 0 Å². The van der Waals surface area contributed by atoms with Gasteiger partial charge in [-0.2, -0.15) is 0 Å². The molecule has 0 fully saturated rings. The highest BCUT2D eigenvalue weighted by Crippen LogP contribution is 2.17. The van der Waals surface area contributed by atoms with Crippen molar-refractivity contribution < 1.29 is 8.42 Å². The molecule has 3 N–H and O–H groups in total. The molecule has 0 aliphatic carbocycles. The second-order valence-corrected chi connectivity index (χ2v) is 6.32. The summed E-state index contributed by atoms with van der Waals surface area (Å²) in [6, 6.07) is 5.08. The van der Waals surface area contributed by atoms with Crippen molar-refractivity contribution in [1.29, 1.82) is 0 Å². The van der Waals surface area contributed by atoms with Crippen molar-refractivity contribution in [3.63, 3.8) is 0 Å². The molecule has 5 heteroatoms. The van der Waals surface area contributed by atoms with Crippen molar-refractivity contribution in [2.24, 2.45) is 5.73 Å². The molecule has 1 aromatic carbocycles. The van der Waals surface area contributed by atoms with Crippen LogP contribution in [0.1, 0.15) is 37.8 Å². The fourth-order valence-electron chi connectivity index (χ4n) is 1.86.